The molecule has 1 heterocycles. The van der Waals surface area contributed by atoms with Crippen molar-refractivity contribution in [3.63, 3.8) is 0 Å². The van der Waals surface area contributed by atoms with E-state index in [2.05, 4.69) is 10.0 Å². The minimum absolute atomic E-state index is 0.0139. The maximum atomic E-state index is 12.1. The summed E-state index contributed by atoms with van der Waals surface area (Å²) in [7, 11) is -3.55. The van der Waals surface area contributed by atoms with E-state index in [1.807, 2.05) is 30.6 Å². The van der Waals surface area contributed by atoms with Crippen LogP contribution in [0.1, 0.15) is 38.1 Å². The first-order chi connectivity index (χ1) is 13.4. The van der Waals surface area contributed by atoms with E-state index in [0.717, 1.165) is 0 Å². The van der Waals surface area contributed by atoms with Crippen LogP contribution in [0, 0.1) is 0 Å². The maximum Gasteiger partial charge on any atom is 0.335 e. The lowest BCUT2D eigenvalue weighted by molar-refractivity contribution is -0.123. The van der Waals surface area contributed by atoms with Gasteiger partial charge < -0.3 is 15.3 Å². The lowest BCUT2D eigenvalue weighted by atomic mass is 10.1. The fourth-order valence-electron chi connectivity index (χ4n) is 3.07. The molecule has 1 aliphatic rings. The van der Waals surface area contributed by atoms with Gasteiger partial charge in [-0.2, -0.15) is 0 Å². The average molecular weight is 427 g/mol. The molecule has 10 heteroatoms. The zero-order valence-corrected chi connectivity index (χ0v) is 18.2. The van der Waals surface area contributed by atoms with Gasteiger partial charge in [0.2, 0.25) is 15.9 Å². The highest BCUT2D eigenvalue weighted by atomic mass is 32.2. The number of amides is 1. The molecule has 0 spiro atoms. The highest BCUT2D eigenvalue weighted by Crippen LogP contribution is 2.29. The summed E-state index contributed by atoms with van der Waals surface area (Å²) in [5, 5.41) is 12.2. The van der Waals surface area contributed by atoms with Crippen molar-refractivity contribution in [1.82, 2.24) is 10.2 Å². The number of aromatic carboxylic acids is 1. The Morgan fingerprint density at radius 1 is 1.14 bits per heavy atom. The van der Waals surface area contributed by atoms with Gasteiger partial charge in [-0.25, -0.2) is 13.2 Å². The first-order valence-electron chi connectivity index (χ1n) is 9.56. The number of carbonyl (C=O) groups excluding carboxylic acids is 1. The molecular formula is C19H30N4O5S. The van der Waals surface area contributed by atoms with E-state index in [4.69, 9.17) is 0 Å². The number of carbonyl (C=O) groups is 2. The number of rotatable bonds is 7. The van der Waals surface area contributed by atoms with Crippen LogP contribution in [0.15, 0.2) is 18.2 Å². The lowest BCUT2D eigenvalue weighted by Crippen LogP contribution is -2.51. The Morgan fingerprint density at radius 3 is 2.28 bits per heavy atom. The molecule has 1 aliphatic heterocycles. The third-order valence-corrected chi connectivity index (χ3v) is 5.77. The van der Waals surface area contributed by atoms with Gasteiger partial charge in [-0.15, -0.1) is 0 Å². The quantitative estimate of drug-likeness (QED) is 0.599. The summed E-state index contributed by atoms with van der Waals surface area (Å²) in [5.41, 5.74) is 0.618. The summed E-state index contributed by atoms with van der Waals surface area (Å²) in [6, 6.07) is 4.43. The van der Waals surface area contributed by atoms with Crippen molar-refractivity contribution >= 4 is 33.3 Å². The molecule has 9 nitrogen and oxygen atoms in total. The smallest absolute Gasteiger partial charge is 0.335 e. The Balaban J connectivity index is 2.11. The van der Waals surface area contributed by atoms with E-state index in [-0.39, 0.29) is 28.4 Å². The highest BCUT2D eigenvalue weighted by molar-refractivity contribution is 7.92. The number of nitrogens with one attached hydrogen (secondary N) is 2. The number of benzene rings is 1. The van der Waals surface area contributed by atoms with Crippen molar-refractivity contribution < 1.29 is 23.1 Å². The molecule has 1 saturated heterocycles. The molecule has 162 valence electrons. The van der Waals surface area contributed by atoms with Crippen LogP contribution in [0.25, 0.3) is 0 Å². The van der Waals surface area contributed by atoms with E-state index >= 15 is 0 Å². The predicted octanol–water partition coefficient (Wildman–Crippen LogP) is 1.18. The number of anilines is 2. The highest BCUT2D eigenvalue weighted by Gasteiger charge is 2.24. The molecule has 3 N–H and O–H groups in total. The summed E-state index contributed by atoms with van der Waals surface area (Å²) in [6.07, 6.45) is 0. The first-order valence-corrected chi connectivity index (χ1v) is 11.2. The molecule has 29 heavy (non-hydrogen) atoms. The number of nitrogens with zero attached hydrogens (tertiary/aromatic N) is 2. The van der Waals surface area contributed by atoms with Crippen LogP contribution >= 0.6 is 0 Å². The standard InChI is InChI=1S/C19H30N4O5S/c1-5-29(27,28)21-15-12-14(18(25)26)6-7-16(15)23-10-8-22(9-11-23)13-17(24)20-19(2,3)4/h6-7,12,21H,5,8-11,13H2,1-4H3,(H,20,24)(H,25,26). The molecule has 0 unspecified atom stereocenters. The number of carboxylic acid groups (broad SMARTS) is 1. The Morgan fingerprint density at radius 2 is 1.76 bits per heavy atom. The summed E-state index contributed by atoms with van der Waals surface area (Å²) in [4.78, 5) is 27.4. The van der Waals surface area contributed by atoms with E-state index in [1.165, 1.54) is 19.1 Å². The topological polar surface area (TPSA) is 119 Å². The molecule has 1 aromatic rings. The van der Waals surface area contributed by atoms with Gasteiger partial charge in [0.15, 0.2) is 0 Å². The van der Waals surface area contributed by atoms with Crippen LogP contribution in [0.3, 0.4) is 0 Å². The molecule has 0 bridgehead atoms. The van der Waals surface area contributed by atoms with Gasteiger partial charge in [-0.3, -0.25) is 14.4 Å². The van der Waals surface area contributed by atoms with Crippen molar-refractivity contribution in [2.45, 2.75) is 33.2 Å². The van der Waals surface area contributed by atoms with E-state index in [1.54, 1.807) is 6.07 Å². The van der Waals surface area contributed by atoms with E-state index in [0.29, 0.717) is 38.4 Å². The van der Waals surface area contributed by atoms with Crippen LogP contribution in [0.5, 0.6) is 0 Å². The molecule has 1 amide bonds. The van der Waals surface area contributed by atoms with E-state index in [9.17, 15) is 23.1 Å². The molecule has 1 aromatic carbocycles. The summed E-state index contributed by atoms with van der Waals surface area (Å²) in [5.74, 6) is -1.27. The number of carboxylic acids is 1. The predicted molar refractivity (Wildman–Crippen MR) is 113 cm³/mol. The molecular weight excluding hydrogens is 396 g/mol. The summed E-state index contributed by atoms with van der Waals surface area (Å²) in [6.45, 7) is 10.1. The fraction of sp³-hybridized carbons (Fsp3) is 0.579. The second kappa shape index (κ2) is 9.00. The third-order valence-electron chi connectivity index (χ3n) is 4.48. The SMILES string of the molecule is CCS(=O)(=O)Nc1cc(C(=O)O)ccc1N1CCN(CC(=O)NC(C)(C)C)CC1. The van der Waals surface area contributed by atoms with Crippen molar-refractivity contribution in [2.24, 2.45) is 0 Å². The lowest BCUT2D eigenvalue weighted by Gasteiger charge is -2.37. The van der Waals surface area contributed by atoms with Crippen molar-refractivity contribution in [2.75, 3.05) is 48.1 Å². The minimum atomic E-state index is -3.55. The van der Waals surface area contributed by atoms with Gasteiger partial charge in [0.05, 0.1) is 29.2 Å². The van der Waals surface area contributed by atoms with Gasteiger partial charge in [0.25, 0.3) is 0 Å². The number of hydrogen-bond donors (Lipinski definition) is 3. The molecule has 0 atom stereocenters. The van der Waals surface area contributed by atoms with Gasteiger partial charge in [-0.05, 0) is 45.9 Å². The van der Waals surface area contributed by atoms with Crippen LogP contribution < -0.4 is 14.9 Å². The normalized spacial score (nSPS) is 15.8. The van der Waals surface area contributed by atoms with Crippen LogP contribution in [-0.2, 0) is 14.8 Å². The van der Waals surface area contributed by atoms with Crippen LogP contribution in [0.2, 0.25) is 0 Å². The Labute approximate surface area is 172 Å². The van der Waals surface area contributed by atoms with Gasteiger partial charge in [0, 0.05) is 31.7 Å². The van der Waals surface area contributed by atoms with Gasteiger partial charge in [0.1, 0.15) is 0 Å². The Hall–Kier alpha value is -2.33. The minimum Gasteiger partial charge on any atom is -0.478 e. The second-order valence-electron chi connectivity index (χ2n) is 8.10. The first kappa shape index (κ1) is 23.0. The van der Waals surface area contributed by atoms with Gasteiger partial charge >= 0.3 is 5.97 Å². The summed E-state index contributed by atoms with van der Waals surface area (Å²) < 4.78 is 26.6. The molecule has 0 saturated carbocycles. The molecule has 0 radical (unpaired) electrons. The second-order valence-corrected chi connectivity index (χ2v) is 10.1. The van der Waals surface area contributed by atoms with Gasteiger partial charge in [-0.1, -0.05) is 0 Å². The fourth-order valence-corrected chi connectivity index (χ4v) is 3.72. The largest absolute Gasteiger partial charge is 0.478 e. The number of sulfonamides is 1. The van der Waals surface area contributed by atoms with Crippen molar-refractivity contribution in [3.05, 3.63) is 23.8 Å². The molecule has 0 aliphatic carbocycles. The number of piperazine rings is 1. The Bertz CT molecular complexity index is 856. The molecule has 0 aromatic heterocycles. The third kappa shape index (κ3) is 6.90. The number of hydrogen-bond acceptors (Lipinski definition) is 6. The van der Waals surface area contributed by atoms with Crippen molar-refractivity contribution in [1.29, 1.82) is 0 Å². The maximum absolute atomic E-state index is 12.1. The summed E-state index contributed by atoms with van der Waals surface area (Å²) >= 11 is 0. The van der Waals surface area contributed by atoms with Crippen molar-refractivity contribution in [3.8, 4) is 0 Å². The molecule has 1 fully saturated rings. The Kier molecular flexibility index (Phi) is 7.12. The zero-order valence-electron chi connectivity index (χ0n) is 17.4. The van der Waals surface area contributed by atoms with Crippen LogP contribution in [0.4, 0.5) is 11.4 Å². The molecule has 2 rings (SSSR count). The van der Waals surface area contributed by atoms with E-state index < -0.39 is 16.0 Å². The average Bonchev–Trinajstić information content (AvgIpc) is 2.60. The zero-order chi connectivity index (χ0) is 21.8. The monoisotopic (exact) mass is 426 g/mol. The van der Waals surface area contributed by atoms with Crippen LogP contribution in [-0.4, -0.2) is 74.3 Å².